The van der Waals surface area contributed by atoms with Crippen LogP contribution in [0.15, 0.2) is 36.4 Å². The summed E-state index contributed by atoms with van der Waals surface area (Å²) in [4.78, 5) is 22.4. The molecule has 0 spiro atoms. The second kappa shape index (κ2) is 7.58. The van der Waals surface area contributed by atoms with Crippen LogP contribution in [0.5, 0.6) is 5.75 Å². The molecule has 0 radical (unpaired) electrons. The molecule has 0 atom stereocenters. The minimum atomic E-state index is -0.614. The Morgan fingerprint density at radius 3 is 2.60 bits per heavy atom. The quantitative estimate of drug-likeness (QED) is 0.270. The summed E-state index contributed by atoms with van der Waals surface area (Å²) in [6, 6.07) is 7.89. The summed E-state index contributed by atoms with van der Waals surface area (Å²) in [6.07, 6.45) is 0.185. The molecule has 9 heteroatoms. The highest BCUT2D eigenvalue weighted by Crippen LogP contribution is 2.21. The topological polar surface area (TPSA) is 125 Å². The minimum Gasteiger partial charge on any atom is -0.497 e. The van der Waals surface area contributed by atoms with E-state index in [1.807, 2.05) is 0 Å². The molecule has 0 bridgehead atoms. The molecule has 0 aromatic heterocycles. The number of hydrogen-bond donors (Lipinski definition) is 2. The van der Waals surface area contributed by atoms with E-state index in [1.54, 1.807) is 12.1 Å². The predicted molar refractivity (Wildman–Crippen MR) is 89.4 cm³/mol. The number of benzene rings is 2. The Morgan fingerprint density at radius 2 is 2.04 bits per heavy atom. The molecular formula is C16H17FN4O4. The van der Waals surface area contributed by atoms with Crippen LogP contribution in [0.25, 0.3) is 0 Å². The number of halogens is 1. The highest BCUT2D eigenvalue weighted by atomic mass is 19.1. The molecule has 2 aromatic carbocycles. The molecule has 4 N–H and O–H groups in total. The van der Waals surface area contributed by atoms with Gasteiger partial charge in [0.2, 0.25) is 0 Å². The van der Waals surface area contributed by atoms with Crippen molar-refractivity contribution in [2.75, 3.05) is 19.4 Å². The molecule has 1 amide bonds. The number of carbonyl (C=O) groups excluding carboxylic acids is 1. The molecule has 132 valence electrons. The van der Waals surface area contributed by atoms with Crippen molar-refractivity contribution in [3.8, 4) is 5.75 Å². The van der Waals surface area contributed by atoms with Crippen LogP contribution in [-0.2, 0) is 6.42 Å². The van der Waals surface area contributed by atoms with E-state index in [4.69, 9.17) is 16.3 Å². The van der Waals surface area contributed by atoms with Gasteiger partial charge in [0.05, 0.1) is 23.3 Å². The van der Waals surface area contributed by atoms with E-state index in [0.717, 1.165) is 11.1 Å². The van der Waals surface area contributed by atoms with E-state index >= 15 is 0 Å². The third kappa shape index (κ3) is 4.21. The number of nitrogens with zero attached hydrogens (tertiary/aromatic N) is 2. The molecule has 2 aromatic rings. The summed E-state index contributed by atoms with van der Waals surface area (Å²) in [5, 5.41) is 11.6. The number of rotatable bonds is 6. The lowest BCUT2D eigenvalue weighted by atomic mass is 10.1. The smallest absolute Gasteiger partial charge is 0.271 e. The molecule has 0 aliphatic carbocycles. The summed E-state index contributed by atoms with van der Waals surface area (Å²) in [5.41, 5.74) is 5.83. The van der Waals surface area contributed by atoms with Crippen molar-refractivity contribution in [1.29, 1.82) is 0 Å². The molecule has 0 saturated carbocycles. The Bertz CT molecular complexity index is 813. The Balaban J connectivity index is 2.07. The fourth-order valence-corrected chi connectivity index (χ4v) is 2.21. The number of ether oxygens (including phenoxy) is 1. The third-order valence-electron chi connectivity index (χ3n) is 3.62. The lowest BCUT2D eigenvalue weighted by molar-refractivity contribution is -0.384. The maximum absolute atomic E-state index is 13.9. The number of nitro groups is 1. The summed E-state index contributed by atoms with van der Waals surface area (Å²) in [7, 11) is 1.43. The van der Waals surface area contributed by atoms with Crippen molar-refractivity contribution in [3.63, 3.8) is 0 Å². The van der Waals surface area contributed by atoms with Crippen LogP contribution in [-0.4, -0.2) is 29.5 Å². The van der Waals surface area contributed by atoms with Gasteiger partial charge in [-0.3, -0.25) is 19.9 Å². The standard InChI is InChI=1S/C16H17FN4O4/c1-25-12-4-2-10(14(17)9-12)6-7-20(19)16(22)13-5-3-11(21(23)24)8-15(13)18/h2-5,8-9H,6-7,18-19H2,1H3. The van der Waals surface area contributed by atoms with Crippen LogP contribution in [0.1, 0.15) is 15.9 Å². The largest absolute Gasteiger partial charge is 0.497 e. The molecule has 0 aliphatic rings. The van der Waals surface area contributed by atoms with Crippen molar-refractivity contribution in [1.82, 2.24) is 5.01 Å². The molecule has 0 fully saturated rings. The Morgan fingerprint density at radius 1 is 1.32 bits per heavy atom. The molecule has 0 aliphatic heterocycles. The van der Waals surface area contributed by atoms with Gasteiger partial charge in [-0.05, 0) is 24.1 Å². The molecule has 0 unspecified atom stereocenters. The van der Waals surface area contributed by atoms with E-state index in [9.17, 15) is 19.3 Å². The summed E-state index contributed by atoms with van der Waals surface area (Å²) in [5.74, 6) is 5.03. The molecule has 2 rings (SSSR count). The van der Waals surface area contributed by atoms with Crippen molar-refractivity contribution < 1.29 is 18.8 Å². The fraction of sp³-hybridized carbons (Fsp3) is 0.188. The summed E-state index contributed by atoms with van der Waals surface area (Å²) >= 11 is 0. The number of non-ortho nitro benzene ring substituents is 1. The van der Waals surface area contributed by atoms with Crippen LogP contribution in [0.2, 0.25) is 0 Å². The molecule has 8 nitrogen and oxygen atoms in total. The Hall–Kier alpha value is -3.20. The van der Waals surface area contributed by atoms with Crippen LogP contribution < -0.4 is 16.3 Å². The van der Waals surface area contributed by atoms with Crippen molar-refractivity contribution in [2.45, 2.75) is 6.42 Å². The number of hydrogen-bond acceptors (Lipinski definition) is 6. The van der Waals surface area contributed by atoms with Crippen molar-refractivity contribution in [3.05, 3.63) is 63.5 Å². The lowest BCUT2D eigenvalue weighted by Crippen LogP contribution is -2.39. The number of anilines is 1. The van der Waals surface area contributed by atoms with Gasteiger partial charge in [0, 0.05) is 24.7 Å². The average Bonchev–Trinajstić information content (AvgIpc) is 2.59. The van der Waals surface area contributed by atoms with E-state index in [-0.39, 0.29) is 29.9 Å². The number of methoxy groups -OCH3 is 1. The van der Waals surface area contributed by atoms with Gasteiger partial charge in [-0.1, -0.05) is 6.07 Å². The maximum atomic E-state index is 13.9. The third-order valence-corrected chi connectivity index (χ3v) is 3.62. The second-order valence-electron chi connectivity index (χ2n) is 5.23. The summed E-state index contributed by atoms with van der Waals surface area (Å²) in [6.45, 7) is 0.0402. The SMILES string of the molecule is COc1ccc(CCN(N)C(=O)c2ccc([N+](=O)[O-])cc2N)c(F)c1. The maximum Gasteiger partial charge on any atom is 0.271 e. The predicted octanol–water partition coefficient (Wildman–Crippen LogP) is 1.88. The molecule has 0 heterocycles. The lowest BCUT2D eigenvalue weighted by Gasteiger charge is -2.18. The zero-order valence-electron chi connectivity index (χ0n) is 13.4. The normalized spacial score (nSPS) is 10.4. The Kier molecular flexibility index (Phi) is 5.50. The highest BCUT2D eigenvalue weighted by molar-refractivity contribution is 5.99. The van der Waals surface area contributed by atoms with Crippen LogP contribution >= 0.6 is 0 Å². The number of carbonyl (C=O) groups is 1. The highest BCUT2D eigenvalue weighted by Gasteiger charge is 2.18. The van der Waals surface area contributed by atoms with E-state index in [1.165, 1.54) is 25.3 Å². The van der Waals surface area contributed by atoms with Gasteiger partial charge in [0.1, 0.15) is 11.6 Å². The average molecular weight is 348 g/mol. The van der Waals surface area contributed by atoms with Crippen molar-refractivity contribution >= 4 is 17.3 Å². The number of nitro benzene ring substituents is 1. The van der Waals surface area contributed by atoms with Gasteiger partial charge in [-0.25, -0.2) is 10.2 Å². The zero-order valence-corrected chi connectivity index (χ0v) is 13.4. The second-order valence-corrected chi connectivity index (χ2v) is 5.23. The van der Waals surface area contributed by atoms with E-state index < -0.39 is 16.6 Å². The molecular weight excluding hydrogens is 331 g/mol. The van der Waals surface area contributed by atoms with Gasteiger partial charge in [-0.15, -0.1) is 0 Å². The van der Waals surface area contributed by atoms with Gasteiger partial charge in [0.15, 0.2) is 0 Å². The van der Waals surface area contributed by atoms with Gasteiger partial charge >= 0.3 is 0 Å². The first kappa shape index (κ1) is 18.1. The van der Waals surface area contributed by atoms with Gasteiger partial charge < -0.3 is 10.5 Å². The first-order chi connectivity index (χ1) is 11.8. The minimum absolute atomic E-state index is 0.0402. The number of amides is 1. The first-order valence-corrected chi connectivity index (χ1v) is 7.26. The number of hydrazine groups is 1. The van der Waals surface area contributed by atoms with E-state index in [0.29, 0.717) is 11.3 Å². The molecule has 25 heavy (non-hydrogen) atoms. The summed E-state index contributed by atoms with van der Waals surface area (Å²) < 4.78 is 18.8. The van der Waals surface area contributed by atoms with E-state index in [2.05, 4.69) is 0 Å². The van der Waals surface area contributed by atoms with Gasteiger partial charge in [0.25, 0.3) is 11.6 Å². The van der Waals surface area contributed by atoms with Crippen LogP contribution in [0.3, 0.4) is 0 Å². The Labute approximate surface area is 142 Å². The monoisotopic (exact) mass is 348 g/mol. The number of nitrogens with two attached hydrogens (primary N) is 2. The van der Waals surface area contributed by atoms with Crippen LogP contribution in [0, 0.1) is 15.9 Å². The zero-order chi connectivity index (χ0) is 18.6. The number of nitrogen functional groups attached to an aromatic ring is 1. The van der Waals surface area contributed by atoms with Crippen LogP contribution in [0.4, 0.5) is 15.8 Å². The van der Waals surface area contributed by atoms with Gasteiger partial charge in [-0.2, -0.15) is 0 Å². The fourth-order valence-electron chi connectivity index (χ4n) is 2.21. The van der Waals surface area contributed by atoms with Crippen molar-refractivity contribution in [2.24, 2.45) is 5.84 Å². The first-order valence-electron chi connectivity index (χ1n) is 7.26. The molecule has 0 saturated heterocycles.